The van der Waals surface area contributed by atoms with E-state index in [4.69, 9.17) is 4.74 Å². The molecule has 0 spiro atoms. The van der Waals surface area contributed by atoms with Gasteiger partial charge in [0.1, 0.15) is 28.9 Å². The lowest BCUT2D eigenvalue weighted by Crippen LogP contribution is -2.48. The Morgan fingerprint density at radius 2 is 1.97 bits per heavy atom. The molecule has 0 N–H and O–H groups in total. The first-order valence-electron chi connectivity index (χ1n) is 12.8. The predicted octanol–water partition coefficient (Wildman–Crippen LogP) is 4.30. The maximum atomic E-state index is 14.1. The van der Waals surface area contributed by atoms with E-state index in [1.807, 2.05) is 35.2 Å². The number of aromatic nitrogens is 1. The minimum atomic E-state index is -0.383. The molecule has 5 rings (SSSR count). The average molecular weight is 535 g/mol. The fourth-order valence-electron chi connectivity index (χ4n) is 5.16. The molecule has 2 aromatic carbocycles. The minimum absolute atomic E-state index is 0.0539. The Bertz CT molecular complexity index is 1330. The zero-order valence-electron chi connectivity index (χ0n) is 21.4. The van der Waals surface area contributed by atoms with E-state index in [9.17, 15) is 14.0 Å². The molecule has 1 atom stereocenters. The number of ether oxygens (including phenoxy) is 1. The zero-order chi connectivity index (χ0) is 26.6. The molecule has 3 heterocycles. The number of thiazole rings is 1. The standard InChI is InChI=1S/C29H31FN4O3S/c1-3-10-32-12-14-33(15-13-32)29(36)26-19-38-27(31-26)18-37-24-8-7-21-9-11-34(20(2)35)28(25(21)17-24)22-5-4-6-23(30)16-22/h3-8,16-17,19,28H,1,9-15,18H2,2H3. The van der Waals surface area contributed by atoms with Crippen LogP contribution in [0.2, 0.25) is 0 Å². The molecule has 2 amide bonds. The fourth-order valence-corrected chi connectivity index (χ4v) is 5.84. The third-order valence-corrected chi connectivity index (χ3v) is 7.92. The summed E-state index contributed by atoms with van der Waals surface area (Å²) >= 11 is 1.40. The van der Waals surface area contributed by atoms with Crippen molar-refractivity contribution in [2.45, 2.75) is 26.0 Å². The summed E-state index contributed by atoms with van der Waals surface area (Å²) in [6.07, 6.45) is 2.61. The summed E-state index contributed by atoms with van der Waals surface area (Å²) < 4.78 is 20.1. The molecule has 1 unspecified atom stereocenters. The molecular weight excluding hydrogens is 503 g/mol. The van der Waals surface area contributed by atoms with Gasteiger partial charge in [-0.05, 0) is 47.4 Å². The van der Waals surface area contributed by atoms with Crippen LogP contribution in [0.25, 0.3) is 0 Å². The molecule has 0 saturated carbocycles. The van der Waals surface area contributed by atoms with E-state index < -0.39 is 0 Å². The van der Waals surface area contributed by atoms with Gasteiger partial charge in [0, 0.05) is 51.6 Å². The second kappa shape index (κ2) is 11.4. The first kappa shape index (κ1) is 26.1. The van der Waals surface area contributed by atoms with Crippen molar-refractivity contribution < 1.29 is 18.7 Å². The molecule has 7 nitrogen and oxygen atoms in total. The van der Waals surface area contributed by atoms with Gasteiger partial charge in [-0.2, -0.15) is 0 Å². The molecule has 2 aliphatic rings. The van der Waals surface area contributed by atoms with Crippen LogP contribution in [0.15, 0.2) is 60.5 Å². The van der Waals surface area contributed by atoms with Crippen molar-refractivity contribution in [3.8, 4) is 5.75 Å². The van der Waals surface area contributed by atoms with E-state index in [-0.39, 0.29) is 30.3 Å². The highest BCUT2D eigenvalue weighted by Gasteiger charge is 2.31. The first-order chi connectivity index (χ1) is 18.4. The molecule has 1 fully saturated rings. The molecule has 198 valence electrons. The number of piperazine rings is 1. The largest absolute Gasteiger partial charge is 0.486 e. The Balaban J connectivity index is 1.28. The fraction of sp³-hybridized carbons (Fsp3) is 0.345. The van der Waals surface area contributed by atoms with E-state index >= 15 is 0 Å². The molecule has 0 radical (unpaired) electrons. The van der Waals surface area contributed by atoms with Gasteiger partial charge in [0.15, 0.2) is 0 Å². The Kier molecular flexibility index (Phi) is 7.85. The van der Waals surface area contributed by atoms with Crippen LogP contribution in [0.3, 0.4) is 0 Å². The lowest BCUT2D eigenvalue weighted by Gasteiger charge is -2.37. The Labute approximate surface area is 226 Å². The van der Waals surface area contributed by atoms with E-state index in [0.29, 0.717) is 36.1 Å². The van der Waals surface area contributed by atoms with Crippen LogP contribution < -0.4 is 4.74 Å². The molecule has 9 heteroatoms. The average Bonchev–Trinajstić information content (AvgIpc) is 3.40. The lowest BCUT2D eigenvalue weighted by molar-refractivity contribution is -0.130. The number of carbonyl (C=O) groups is 2. The number of carbonyl (C=O) groups excluding carboxylic acids is 2. The van der Waals surface area contributed by atoms with Crippen molar-refractivity contribution in [3.63, 3.8) is 0 Å². The van der Waals surface area contributed by atoms with Crippen LogP contribution in [0.5, 0.6) is 5.75 Å². The number of hydrogen-bond acceptors (Lipinski definition) is 6. The molecular formula is C29H31FN4O3S. The number of fused-ring (bicyclic) bond motifs is 1. The van der Waals surface area contributed by atoms with Crippen molar-refractivity contribution >= 4 is 23.2 Å². The van der Waals surface area contributed by atoms with Crippen LogP contribution in [0, 0.1) is 5.82 Å². The van der Waals surface area contributed by atoms with Gasteiger partial charge in [-0.25, -0.2) is 9.37 Å². The summed E-state index contributed by atoms with van der Waals surface area (Å²) in [5, 5.41) is 2.50. The van der Waals surface area contributed by atoms with Gasteiger partial charge in [-0.15, -0.1) is 17.9 Å². The van der Waals surface area contributed by atoms with Crippen LogP contribution >= 0.6 is 11.3 Å². The summed E-state index contributed by atoms with van der Waals surface area (Å²) in [6.45, 7) is 9.96. The summed E-state index contributed by atoms with van der Waals surface area (Å²) in [5.41, 5.74) is 3.21. The molecule has 0 aliphatic carbocycles. The molecule has 1 aromatic heterocycles. The number of halogens is 1. The quantitative estimate of drug-likeness (QED) is 0.423. The number of hydrogen-bond donors (Lipinski definition) is 0. The van der Waals surface area contributed by atoms with E-state index in [1.54, 1.807) is 23.3 Å². The monoisotopic (exact) mass is 534 g/mol. The highest BCUT2D eigenvalue weighted by molar-refractivity contribution is 7.09. The van der Waals surface area contributed by atoms with E-state index in [1.165, 1.54) is 23.5 Å². The maximum absolute atomic E-state index is 14.1. The summed E-state index contributed by atoms with van der Waals surface area (Å²) in [5.74, 6) is 0.190. The van der Waals surface area contributed by atoms with Crippen LogP contribution in [-0.4, -0.2) is 70.8 Å². The highest BCUT2D eigenvalue weighted by atomic mass is 32.1. The topological polar surface area (TPSA) is 66.0 Å². The Morgan fingerprint density at radius 1 is 1.16 bits per heavy atom. The van der Waals surface area contributed by atoms with E-state index in [2.05, 4.69) is 16.5 Å². The van der Waals surface area contributed by atoms with Gasteiger partial charge in [0.2, 0.25) is 5.91 Å². The van der Waals surface area contributed by atoms with Crippen LogP contribution in [0.1, 0.15) is 45.2 Å². The third kappa shape index (κ3) is 5.63. The van der Waals surface area contributed by atoms with Crippen LogP contribution in [0.4, 0.5) is 4.39 Å². The number of amides is 2. The van der Waals surface area contributed by atoms with Gasteiger partial charge in [0.05, 0.1) is 6.04 Å². The van der Waals surface area contributed by atoms with Gasteiger partial charge >= 0.3 is 0 Å². The Hall–Kier alpha value is -3.56. The number of benzene rings is 2. The number of rotatable bonds is 7. The molecule has 3 aromatic rings. The first-order valence-corrected chi connectivity index (χ1v) is 13.7. The molecule has 2 aliphatic heterocycles. The van der Waals surface area contributed by atoms with Crippen molar-refractivity contribution in [2.24, 2.45) is 0 Å². The van der Waals surface area contributed by atoms with Crippen LogP contribution in [-0.2, 0) is 17.8 Å². The van der Waals surface area contributed by atoms with Gasteiger partial charge in [-0.1, -0.05) is 24.3 Å². The van der Waals surface area contributed by atoms with Crippen molar-refractivity contribution in [1.29, 1.82) is 0 Å². The Morgan fingerprint density at radius 3 is 2.71 bits per heavy atom. The molecule has 0 bridgehead atoms. The third-order valence-electron chi connectivity index (χ3n) is 7.09. The summed E-state index contributed by atoms with van der Waals surface area (Å²) in [7, 11) is 0. The SMILES string of the molecule is C=CCN1CCN(C(=O)c2csc(COc3ccc4c(c3)C(c3cccc(F)c3)N(C(C)=O)CC4)n2)CC1. The van der Waals surface area contributed by atoms with Crippen molar-refractivity contribution in [3.05, 3.63) is 93.7 Å². The zero-order valence-corrected chi connectivity index (χ0v) is 22.3. The second-order valence-corrected chi connectivity index (χ2v) is 10.5. The van der Waals surface area contributed by atoms with Gasteiger partial charge < -0.3 is 14.5 Å². The smallest absolute Gasteiger partial charge is 0.273 e. The minimum Gasteiger partial charge on any atom is -0.486 e. The summed E-state index contributed by atoms with van der Waals surface area (Å²) in [6, 6.07) is 11.9. The van der Waals surface area contributed by atoms with Crippen molar-refractivity contribution in [1.82, 2.24) is 19.7 Å². The molecule has 1 saturated heterocycles. The van der Waals surface area contributed by atoms with Crippen molar-refractivity contribution in [2.75, 3.05) is 39.3 Å². The number of nitrogens with zero attached hydrogens (tertiary/aromatic N) is 4. The second-order valence-electron chi connectivity index (χ2n) is 9.58. The normalized spacial score (nSPS) is 17.7. The van der Waals surface area contributed by atoms with E-state index in [0.717, 1.165) is 42.7 Å². The molecule has 38 heavy (non-hydrogen) atoms. The predicted molar refractivity (Wildman–Crippen MR) is 145 cm³/mol. The summed E-state index contributed by atoms with van der Waals surface area (Å²) in [4.78, 5) is 35.8. The van der Waals surface area contributed by atoms with Gasteiger partial charge in [-0.3, -0.25) is 14.5 Å². The van der Waals surface area contributed by atoms with Gasteiger partial charge in [0.25, 0.3) is 5.91 Å². The lowest BCUT2D eigenvalue weighted by atomic mass is 9.88. The highest BCUT2D eigenvalue weighted by Crippen LogP contribution is 2.37. The maximum Gasteiger partial charge on any atom is 0.273 e.